The maximum atomic E-state index is 13.2. The summed E-state index contributed by atoms with van der Waals surface area (Å²) in [7, 11) is 0. The third kappa shape index (κ3) is 2.77. The SMILES string of the molecule is CC(C)(C)OC(=O)N1C(=O)CC2(C/C(=C/N)C(=N)N2C2CCCC2)C1=O. The van der Waals surface area contributed by atoms with Gasteiger partial charge in [0.25, 0.3) is 5.91 Å². The standard InChI is InChI=1S/C18H26N4O4/c1-17(2,3)26-16(25)21-13(23)9-18(15(21)24)8-11(10-19)14(20)22(18)12-6-4-5-7-12/h10,12,20H,4-9,19H2,1-3H3/b11-10-,20-14?. The molecule has 3 amide bonds. The average molecular weight is 362 g/mol. The molecule has 8 heteroatoms. The van der Waals surface area contributed by atoms with Crippen molar-refractivity contribution in [1.82, 2.24) is 9.80 Å². The molecule has 0 aromatic carbocycles. The molecule has 1 spiro atoms. The number of nitrogens with zero attached hydrogens (tertiary/aromatic N) is 2. The summed E-state index contributed by atoms with van der Waals surface area (Å²) in [6.45, 7) is 5.03. The predicted molar refractivity (Wildman–Crippen MR) is 94.1 cm³/mol. The number of nitrogens with two attached hydrogens (primary N) is 1. The number of likely N-dealkylation sites (tertiary alicyclic amines) is 2. The molecule has 2 saturated heterocycles. The highest BCUT2D eigenvalue weighted by Gasteiger charge is 2.63. The zero-order chi connectivity index (χ0) is 19.3. The Kier molecular flexibility index (Phi) is 4.32. The van der Waals surface area contributed by atoms with Crippen molar-refractivity contribution in [3.63, 3.8) is 0 Å². The second-order valence-corrected chi connectivity index (χ2v) is 8.25. The van der Waals surface area contributed by atoms with Gasteiger partial charge in [-0.25, -0.2) is 4.79 Å². The summed E-state index contributed by atoms with van der Waals surface area (Å²) in [4.78, 5) is 40.6. The Morgan fingerprint density at radius 1 is 1.27 bits per heavy atom. The molecule has 3 rings (SSSR count). The maximum Gasteiger partial charge on any atom is 0.424 e. The van der Waals surface area contributed by atoms with Crippen LogP contribution in [0.5, 0.6) is 0 Å². The quantitative estimate of drug-likeness (QED) is 0.688. The lowest BCUT2D eigenvalue weighted by molar-refractivity contribution is -0.140. The fourth-order valence-electron chi connectivity index (χ4n) is 4.23. The van der Waals surface area contributed by atoms with Crippen molar-refractivity contribution in [3.05, 3.63) is 11.8 Å². The van der Waals surface area contributed by atoms with E-state index in [0.717, 1.165) is 25.7 Å². The molecule has 2 aliphatic heterocycles. The number of carbonyl (C=O) groups excluding carboxylic acids is 3. The van der Waals surface area contributed by atoms with Crippen LogP contribution in [0, 0.1) is 5.41 Å². The highest BCUT2D eigenvalue weighted by Crippen LogP contribution is 2.46. The van der Waals surface area contributed by atoms with Gasteiger partial charge in [-0.2, -0.15) is 4.90 Å². The third-order valence-corrected chi connectivity index (χ3v) is 5.25. The smallest absolute Gasteiger partial charge is 0.424 e. The summed E-state index contributed by atoms with van der Waals surface area (Å²) in [5.74, 6) is -1.00. The van der Waals surface area contributed by atoms with E-state index < -0.39 is 29.0 Å². The lowest BCUT2D eigenvalue weighted by Crippen LogP contribution is -2.55. The minimum atomic E-state index is -1.23. The summed E-state index contributed by atoms with van der Waals surface area (Å²) < 4.78 is 5.24. The van der Waals surface area contributed by atoms with Crippen LogP contribution in [0.2, 0.25) is 0 Å². The monoisotopic (exact) mass is 362 g/mol. The molecule has 0 radical (unpaired) electrons. The average Bonchev–Trinajstić information content (AvgIpc) is 3.17. The summed E-state index contributed by atoms with van der Waals surface area (Å²) >= 11 is 0. The van der Waals surface area contributed by atoms with E-state index in [2.05, 4.69) is 0 Å². The first-order valence-corrected chi connectivity index (χ1v) is 9.00. The van der Waals surface area contributed by atoms with Gasteiger partial charge in [-0.1, -0.05) is 12.8 Å². The second kappa shape index (κ2) is 6.10. The number of hydrogen-bond donors (Lipinski definition) is 2. The van der Waals surface area contributed by atoms with Crippen LogP contribution in [0.1, 0.15) is 59.3 Å². The lowest BCUT2D eigenvalue weighted by atomic mass is 9.91. The molecule has 1 atom stereocenters. The molecular weight excluding hydrogens is 336 g/mol. The van der Waals surface area contributed by atoms with Crippen LogP contribution in [0.3, 0.4) is 0 Å². The van der Waals surface area contributed by atoms with Crippen molar-refractivity contribution in [2.45, 2.75) is 76.5 Å². The summed E-state index contributed by atoms with van der Waals surface area (Å²) in [6, 6.07) is 0.00952. The van der Waals surface area contributed by atoms with Gasteiger partial charge < -0.3 is 15.4 Å². The van der Waals surface area contributed by atoms with E-state index in [4.69, 9.17) is 15.9 Å². The summed E-state index contributed by atoms with van der Waals surface area (Å²) in [6.07, 6.45) is 4.16. The van der Waals surface area contributed by atoms with Crippen LogP contribution in [0.15, 0.2) is 11.8 Å². The van der Waals surface area contributed by atoms with Crippen molar-refractivity contribution in [2.75, 3.05) is 0 Å². The molecule has 8 nitrogen and oxygen atoms in total. The van der Waals surface area contributed by atoms with E-state index in [9.17, 15) is 14.4 Å². The van der Waals surface area contributed by atoms with Gasteiger partial charge in [0.05, 0.1) is 6.42 Å². The molecule has 3 fully saturated rings. The van der Waals surface area contributed by atoms with Gasteiger partial charge in [-0.3, -0.25) is 15.0 Å². The number of nitrogens with one attached hydrogen (secondary N) is 1. The van der Waals surface area contributed by atoms with Crippen molar-refractivity contribution in [3.8, 4) is 0 Å². The van der Waals surface area contributed by atoms with E-state index in [1.54, 1.807) is 25.7 Å². The number of rotatable bonds is 1. The molecule has 26 heavy (non-hydrogen) atoms. The van der Waals surface area contributed by atoms with Crippen LogP contribution in [-0.2, 0) is 14.3 Å². The first kappa shape index (κ1) is 18.4. The van der Waals surface area contributed by atoms with Gasteiger partial charge in [0.2, 0.25) is 5.91 Å². The van der Waals surface area contributed by atoms with E-state index in [1.807, 2.05) is 0 Å². The Bertz CT molecular complexity index is 702. The largest absolute Gasteiger partial charge is 0.443 e. The van der Waals surface area contributed by atoms with E-state index in [1.165, 1.54) is 6.20 Å². The van der Waals surface area contributed by atoms with E-state index >= 15 is 0 Å². The number of imide groups is 3. The second-order valence-electron chi connectivity index (χ2n) is 8.25. The molecule has 1 unspecified atom stereocenters. The minimum Gasteiger partial charge on any atom is -0.443 e. The van der Waals surface area contributed by atoms with Crippen molar-refractivity contribution in [1.29, 1.82) is 5.41 Å². The molecule has 0 aromatic rings. The predicted octanol–water partition coefficient (Wildman–Crippen LogP) is 1.89. The van der Waals surface area contributed by atoms with Gasteiger partial charge in [-0.05, 0) is 33.6 Å². The number of hydrogen-bond acceptors (Lipinski definition) is 6. The molecule has 1 saturated carbocycles. The minimum absolute atomic E-state index is 0.00952. The normalized spacial score (nSPS) is 28.9. The number of ether oxygens (including phenoxy) is 1. The molecule has 3 aliphatic rings. The number of amides is 3. The van der Waals surface area contributed by atoms with E-state index in [0.29, 0.717) is 10.5 Å². The topological polar surface area (TPSA) is 117 Å². The van der Waals surface area contributed by atoms with Crippen LogP contribution >= 0.6 is 0 Å². The Balaban J connectivity index is 1.97. The molecule has 142 valence electrons. The zero-order valence-corrected chi connectivity index (χ0v) is 15.5. The Morgan fingerprint density at radius 3 is 2.42 bits per heavy atom. The summed E-state index contributed by atoms with van der Waals surface area (Å²) in [5.41, 5.74) is 4.15. The number of amidine groups is 1. The van der Waals surface area contributed by atoms with Gasteiger partial charge in [0.1, 0.15) is 17.0 Å². The van der Waals surface area contributed by atoms with Crippen molar-refractivity contribution >= 4 is 23.7 Å². The van der Waals surface area contributed by atoms with Crippen molar-refractivity contribution < 1.29 is 19.1 Å². The molecular formula is C18H26N4O4. The maximum absolute atomic E-state index is 13.2. The van der Waals surface area contributed by atoms with Crippen LogP contribution in [-0.4, -0.2) is 50.7 Å². The molecule has 0 aromatic heterocycles. The summed E-state index contributed by atoms with van der Waals surface area (Å²) in [5, 5.41) is 8.47. The zero-order valence-electron chi connectivity index (χ0n) is 15.5. The highest BCUT2D eigenvalue weighted by atomic mass is 16.6. The first-order chi connectivity index (χ1) is 12.1. The fraction of sp³-hybridized carbons (Fsp3) is 0.667. The third-order valence-electron chi connectivity index (χ3n) is 5.25. The fourth-order valence-corrected chi connectivity index (χ4v) is 4.23. The van der Waals surface area contributed by atoms with Gasteiger partial charge >= 0.3 is 6.09 Å². The Hall–Kier alpha value is -2.38. The van der Waals surface area contributed by atoms with Gasteiger partial charge in [0, 0.05) is 24.2 Å². The van der Waals surface area contributed by atoms with Gasteiger partial charge in [-0.15, -0.1) is 0 Å². The molecule has 0 bridgehead atoms. The molecule has 2 heterocycles. The Labute approximate surface area is 152 Å². The highest BCUT2D eigenvalue weighted by molar-refractivity contribution is 6.21. The number of carbonyl (C=O) groups is 3. The van der Waals surface area contributed by atoms with Gasteiger partial charge in [0.15, 0.2) is 0 Å². The molecule has 3 N–H and O–H groups in total. The van der Waals surface area contributed by atoms with E-state index in [-0.39, 0.29) is 24.7 Å². The Morgan fingerprint density at radius 2 is 1.88 bits per heavy atom. The first-order valence-electron chi connectivity index (χ1n) is 9.00. The lowest BCUT2D eigenvalue weighted by Gasteiger charge is -2.38. The van der Waals surface area contributed by atoms with Crippen LogP contribution in [0.25, 0.3) is 0 Å². The van der Waals surface area contributed by atoms with Crippen LogP contribution in [0.4, 0.5) is 4.79 Å². The van der Waals surface area contributed by atoms with Crippen LogP contribution < -0.4 is 5.73 Å². The van der Waals surface area contributed by atoms with Crippen molar-refractivity contribution in [2.24, 2.45) is 5.73 Å². The molecule has 1 aliphatic carbocycles.